The third-order valence-electron chi connectivity index (χ3n) is 5.29. The topological polar surface area (TPSA) is 158 Å². The number of ether oxygens (including phenoxy) is 2. The number of carbonyl (C=O) groups excluding carboxylic acids is 1. The summed E-state index contributed by atoms with van der Waals surface area (Å²) in [5.41, 5.74) is -1.50. The lowest BCUT2D eigenvalue weighted by Gasteiger charge is -2.27. The molecule has 0 aliphatic carbocycles. The molecule has 3 N–H and O–H groups in total. The molecule has 0 spiro atoms. The lowest BCUT2D eigenvalue weighted by molar-refractivity contribution is -0.147. The molecular formula is C22H28BClN3O9P. The van der Waals surface area contributed by atoms with E-state index in [9.17, 15) is 24.1 Å². The zero-order valence-electron chi connectivity index (χ0n) is 20.4. The molecule has 1 aromatic heterocycles. The molecule has 1 aliphatic heterocycles. The molecule has 3 rings (SSSR count). The normalized spacial score (nSPS) is 25.9. The van der Waals surface area contributed by atoms with Crippen molar-refractivity contribution in [3.8, 4) is 5.75 Å². The SMILES string of the molecule is [B][C@]1(Cl)[C@H](O)[C@@H](CO[P@@](=O)(N[C@@H](C)COC(=O)C(C)C)Oc2ccccc2)O[C@H]1n1ccc(=O)[nH]c1=O. The molecule has 200 valence electrons. The number of rotatable bonds is 11. The van der Waals surface area contributed by atoms with Gasteiger partial charge in [-0.1, -0.05) is 32.0 Å². The van der Waals surface area contributed by atoms with Gasteiger partial charge in [-0.25, -0.2) is 14.4 Å². The van der Waals surface area contributed by atoms with E-state index in [2.05, 4.69) is 5.09 Å². The fourth-order valence-electron chi connectivity index (χ4n) is 3.36. The Balaban J connectivity index is 1.75. The van der Waals surface area contributed by atoms with Crippen LogP contribution in [0.25, 0.3) is 0 Å². The predicted molar refractivity (Wildman–Crippen MR) is 135 cm³/mol. The fraction of sp³-hybridized carbons (Fsp3) is 0.500. The summed E-state index contributed by atoms with van der Waals surface area (Å²) in [5.74, 6) is -0.548. The minimum atomic E-state index is -4.14. The molecule has 0 saturated carbocycles. The molecular weight excluding hydrogens is 527 g/mol. The lowest BCUT2D eigenvalue weighted by Crippen LogP contribution is -2.45. The van der Waals surface area contributed by atoms with Crippen LogP contribution in [0.5, 0.6) is 5.75 Å². The van der Waals surface area contributed by atoms with Crippen molar-refractivity contribution in [2.45, 2.75) is 50.0 Å². The highest BCUT2D eigenvalue weighted by Gasteiger charge is 2.53. The van der Waals surface area contributed by atoms with Gasteiger partial charge in [0.15, 0.2) is 6.23 Å². The Kier molecular flexibility index (Phi) is 9.44. The van der Waals surface area contributed by atoms with Gasteiger partial charge in [0.2, 0.25) is 0 Å². The number of alkyl halides is 1. The Labute approximate surface area is 219 Å². The number of aliphatic hydroxyl groups is 1. The van der Waals surface area contributed by atoms with Crippen LogP contribution in [0.2, 0.25) is 0 Å². The van der Waals surface area contributed by atoms with Crippen molar-refractivity contribution >= 4 is 33.2 Å². The molecule has 2 radical (unpaired) electrons. The number of benzene rings is 1. The molecule has 2 heterocycles. The number of nitrogens with one attached hydrogen (secondary N) is 2. The number of esters is 1. The fourth-order valence-corrected chi connectivity index (χ4v) is 5.19. The van der Waals surface area contributed by atoms with Crippen LogP contribution in [0.15, 0.2) is 52.2 Å². The van der Waals surface area contributed by atoms with Crippen molar-refractivity contribution in [2.75, 3.05) is 13.2 Å². The first-order chi connectivity index (χ1) is 17.3. The molecule has 6 atom stereocenters. The third-order valence-corrected chi connectivity index (χ3v) is 7.40. The van der Waals surface area contributed by atoms with E-state index in [-0.39, 0.29) is 18.3 Å². The van der Waals surface area contributed by atoms with Crippen LogP contribution < -0.4 is 20.9 Å². The van der Waals surface area contributed by atoms with Crippen molar-refractivity contribution in [1.82, 2.24) is 14.6 Å². The number of aromatic amines is 1. The number of hydrogen-bond acceptors (Lipinski definition) is 9. The van der Waals surface area contributed by atoms with Crippen molar-refractivity contribution < 1.29 is 33.0 Å². The number of para-hydroxylation sites is 1. The van der Waals surface area contributed by atoms with Gasteiger partial charge in [-0.05, 0) is 19.1 Å². The summed E-state index contributed by atoms with van der Waals surface area (Å²) in [6, 6.07) is 8.60. The van der Waals surface area contributed by atoms with Gasteiger partial charge >= 0.3 is 19.4 Å². The molecule has 15 heteroatoms. The van der Waals surface area contributed by atoms with Crippen LogP contribution in [0, 0.1) is 5.92 Å². The Hall–Kier alpha value is -2.41. The molecule has 0 unspecified atom stereocenters. The smallest absolute Gasteiger partial charge is 0.459 e. The van der Waals surface area contributed by atoms with Crippen LogP contribution in [-0.2, 0) is 23.4 Å². The van der Waals surface area contributed by atoms with Gasteiger partial charge in [0.25, 0.3) is 5.56 Å². The molecule has 2 aromatic rings. The van der Waals surface area contributed by atoms with Gasteiger partial charge < -0.3 is 19.1 Å². The van der Waals surface area contributed by atoms with Crippen LogP contribution in [0.1, 0.15) is 27.0 Å². The lowest BCUT2D eigenvalue weighted by atomic mass is 9.79. The highest BCUT2D eigenvalue weighted by molar-refractivity contribution is 7.52. The van der Waals surface area contributed by atoms with E-state index in [1.54, 1.807) is 51.1 Å². The van der Waals surface area contributed by atoms with Crippen molar-refractivity contribution in [2.24, 2.45) is 5.92 Å². The predicted octanol–water partition coefficient (Wildman–Crippen LogP) is 1.28. The van der Waals surface area contributed by atoms with Crippen molar-refractivity contribution in [3.63, 3.8) is 0 Å². The summed E-state index contributed by atoms with van der Waals surface area (Å²) in [6.45, 7) is 4.35. The van der Waals surface area contributed by atoms with Crippen LogP contribution in [0.3, 0.4) is 0 Å². The zero-order chi connectivity index (χ0) is 27.4. The molecule has 1 fully saturated rings. The summed E-state index contributed by atoms with van der Waals surface area (Å²) in [4.78, 5) is 37.5. The summed E-state index contributed by atoms with van der Waals surface area (Å²) >= 11 is 6.32. The minimum absolute atomic E-state index is 0.115. The Morgan fingerprint density at radius 3 is 2.59 bits per heavy atom. The first-order valence-electron chi connectivity index (χ1n) is 11.4. The number of H-pyrrole nitrogens is 1. The first-order valence-corrected chi connectivity index (χ1v) is 13.3. The van der Waals surface area contributed by atoms with Crippen LogP contribution >= 0.6 is 19.3 Å². The Morgan fingerprint density at radius 2 is 1.97 bits per heavy atom. The second-order valence-corrected chi connectivity index (χ2v) is 11.2. The Morgan fingerprint density at radius 1 is 1.30 bits per heavy atom. The molecule has 12 nitrogen and oxygen atoms in total. The number of halogens is 1. The van der Waals surface area contributed by atoms with Gasteiger partial charge in [-0.15, -0.1) is 11.6 Å². The summed E-state index contributed by atoms with van der Waals surface area (Å²) < 4.78 is 34.6. The van der Waals surface area contributed by atoms with E-state index >= 15 is 0 Å². The highest BCUT2D eigenvalue weighted by atomic mass is 35.5. The number of hydrogen-bond donors (Lipinski definition) is 3. The molecule has 0 amide bonds. The quantitative estimate of drug-likeness (QED) is 0.160. The number of aliphatic hydroxyl groups excluding tert-OH is 1. The largest absolute Gasteiger partial charge is 0.464 e. The maximum absolute atomic E-state index is 13.6. The van der Waals surface area contributed by atoms with E-state index in [0.717, 1.165) is 16.8 Å². The average molecular weight is 556 g/mol. The summed E-state index contributed by atoms with van der Waals surface area (Å²) in [6.07, 6.45) is -3.09. The van der Waals surface area contributed by atoms with Gasteiger partial charge in [0.1, 0.15) is 26.3 Å². The number of aromatic nitrogens is 2. The molecule has 37 heavy (non-hydrogen) atoms. The molecule has 1 aromatic carbocycles. The Bertz CT molecular complexity index is 1240. The first kappa shape index (κ1) is 29.2. The highest BCUT2D eigenvalue weighted by Crippen LogP contribution is 2.47. The third kappa shape index (κ3) is 7.34. The maximum Gasteiger partial charge on any atom is 0.459 e. The van der Waals surface area contributed by atoms with Crippen LogP contribution in [-0.4, -0.2) is 64.7 Å². The van der Waals surface area contributed by atoms with Gasteiger partial charge in [-0.3, -0.25) is 23.7 Å². The average Bonchev–Trinajstić information content (AvgIpc) is 3.05. The van der Waals surface area contributed by atoms with Gasteiger partial charge in [-0.2, -0.15) is 0 Å². The van der Waals surface area contributed by atoms with Crippen molar-refractivity contribution in [1.29, 1.82) is 0 Å². The van der Waals surface area contributed by atoms with Crippen LogP contribution in [0.4, 0.5) is 0 Å². The molecule has 1 aliphatic rings. The van der Waals surface area contributed by atoms with E-state index in [1.807, 2.05) is 4.98 Å². The molecule has 0 bridgehead atoms. The van der Waals surface area contributed by atoms with E-state index in [1.165, 1.54) is 0 Å². The number of carbonyl (C=O) groups is 1. The second kappa shape index (κ2) is 12.0. The summed E-state index contributed by atoms with van der Waals surface area (Å²) in [7, 11) is 1.91. The minimum Gasteiger partial charge on any atom is -0.464 e. The zero-order valence-corrected chi connectivity index (χ0v) is 22.1. The standard InChI is InChI=1S/C22H28BClN3O9P/c1-13(2)19(30)33-11-14(3)26-37(32,36-15-7-5-4-6-8-15)34-12-16-18(29)22(23,24)20(35-16)27-10-9-17(28)25-21(27)31/h4-10,13-14,16,18,20,29H,11-12H2,1-3H3,(H,26,32)(H,25,28,31)/t14-,16+,18+,20+,22-,37-/m0/s1. The maximum atomic E-state index is 13.6. The van der Waals surface area contributed by atoms with Crippen molar-refractivity contribution in [3.05, 3.63) is 63.4 Å². The summed E-state index contributed by atoms with van der Waals surface area (Å²) in [5, 5.41) is 13.4. The van der Waals surface area contributed by atoms with E-state index in [4.69, 9.17) is 38.0 Å². The number of nitrogens with zero attached hydrogens (tertiary/aromatic N) is 1. The van der Waals surface area contributed by atoms with Gasteiger partial charge in [0.05, 0.1) is 23.4 Å². The monoisotopic (exact) mass is 555 g/mol. The van der Waals surface area contributed by atoms with Gasteiger partial charge in [0, 0.05) is 18.3 Å². The second-order valence-electron chi connectivity index (χ2n) is 8.83. The van der Waals surface area contributed by atoms with E-state index in [0.29, 0.717) is 0 Å². The molecule has 1 saturated heterocycles. The van der Waals surface area contributed by atoms with E-state index < -0.39 is 60.8 Å².